The van der Waals surface area contributed by atoms with E-state index in [1.54, 1.807) is 20.0 Å². The van der Waals surface area contributed by atoms with Crippen molar-refractivity contribution in [2.24, 2.45) is 5.84 Å². The molecule has 0 atom stereocenters. The highest BCUT2D eigenvalue weighted by molar-refractivity contribution is 5.69. The minimum absolute atomic E-state index is 0.238. The van der Waals surface area contributed by atoms with Gasteiger partial charge in [-0.25, -0.2) is 4.39 Å². The summed E-state index contributed by atoms with van der Waals surface area (Å²) in [5.41, 5.74) is 4.40. The van der Waals surface area contributed by atoms with Gasteiger partial charge in [-0.2, -0.15) is 0 Å². The fourth-order valence-corrected chi connectivity index (χ4v) is 1.01. The number of nitrogens with one attached hydrogen (secondary N) is 2. The van der Waals surface area contributed by atoms with E-state index < -0.39 is 0 Å². The SMILES string of the molecule is CNc1cc(F)c(C)cc1NN. The number of benzene rings is 1. The molecule has 4 N–H and O–H groups in total. The lowest BCUT2D eigenvalue weighted by molar-refractivity contribution is 0.619. The molecular formula is C8H12FN3. The maximum atomic E-state index is 13.0. The van der Waals surface area contributed by atoms with E-state index in [1.807, 2.05) is 0 Å². The van der Waals surface area contributed by atoms with Crippen molar-refractivity contribution in [1.82, 2.24) is 0 Å². The molecule has 0 spiro atoms. The van der Waals surface area contributed by atoms with Crippen molar-refractivity contribution < 1.29 is 4.39 Å². The Labute approximate surface area is 70.7 Å². The van der Waals surface area contributed by atoms with E-state index in [4.69, 9.17) is 5.84 Å². The predicted octanol–water partition coefficient (Wildman–Crippen LogP) is 1.46. The lowest BCUT2D eigenvalue weighted by Crippen LogP contribution is -2.09. The fraction of sp³-hybridized carbons (Fsp3) is 0.250. The molecule has 0 bridgehead atoms. The first-order valence-electron chi connectivity index (χ1n) is 3.63. The van der Waals surface area contributed by atoms with Crippen molar-refractivity contribution in [3.05, 3.63) is 23.5 Å². The van der Waals surface area contributed by atoms with E-state index in [0.29, 0.717) is 16.9 Å². The van der Waals surface area contributed by atoms with Gasteiger partial charge in [-0.1, -0.05) is 0 Å². The Morgan fingerprint density at radius 1 is 1.33 bits per heavy atom. The molecule has 12 heavy (non-hydrogen) atoms. The Bertz CT molecular complexity index is 257. The number of nitrogens with two attached hydrogens (primary N) is 1. The molecule has 1 rings (SSSR count). The molecule has 0 fully saturated rings. The van der Waals surface area contributed by atoms with E-state index in [0.717, 1.165) is 0 Å². The molecule has 1 aromatic carbocycles. The van der Waals surface area contributed by atoms with Gasteiger partial charge in [0, 0.05) is 7.05 Å². The monoisotopic (exact) mass is 169 g/mol. The third-order valence-corrected chi connectivity index (χ3v) is 1.72. The van der Waals surface area contributed by atoms with Crippen molar-refractivity contribution in [3.8, 4) is 0 Å². The van der Waals surface area contributed by atoms with Crippen molar-refractivity contribution in [3.63, 3.8) is 0 Å². The smallest absolute Gasteiger partial charge is 0.128 e. The van der Waals surface area contributed by atoms with Gasteiger partial charge in [-0.15, -0.1) is 0 Å². The van der Waals surface area contributed by atoms with Crippen LogP contribution in [-0.4, -0.2) is 7.05 Å². The van der Waals surface area contributed by atoms with Crippen LogP contribution in [0.25, 0.3) is 0 Å². The summed E-state index contributed by atoms with van der Waals surface area (Å²) >= 11 is 0. The molecule has 0 radical (unpaired) electrons. The van der Waals surface area contributed by atoms with Crippen molar-refractivity contribution in [2.45, 2.75) is 6.92 Å². The summed E-state index contributed by atoms with van der Waals surface area (Å²) in [4.78, 5) is 0. The normalized spacial score (nSPS) is 9.67. The summed E-state index contributed by atoms with van der Waals surface area (Å²) in [5.74, 6) is 5.00. The molecule has 0 aromatic heterocycles. The summed E-state index contributed by atoms with van der Waals surface area (Å²) in [7, 11) is 1.71. The summed E-state index contributed by atoms with van der Waals surface area (Å²) in [6, 6.07) is 3.06. The summed E-state index contributed by atoms with van der Waals surface area (Å²) in [6.07, 6.45) is 0. The molecule has 0 saturated carbocycles. The number of hydrogen-bond acceptors (Lipinski definition) is 3. The van der Waals surface area contributed by atoms with Crippen LogP contribution in [-0.2, 0) is 0 Å². The van der Waals surface area contributed by atoms with Crippen LogP contribution in [0.2, 0.25) is 0 Å². The van der Waals surface area contributed by atoms with Crippen LogP contribution in [0.3, 0.4) is 0 Å². The minimum Gasteiger partial charge on any atom is -0.386 e. The number of hydrazine groups is 1. The van der Waals surface area contributed by atoms with Gasteiger partial charge in [-0.05, 0) is 24.6 Å². The van der Waals surface area contributed by atoms with Gasteiger partial charge >= 0.3 is 0 Å². The number of halogens is 1. The zero-order chi connectivity index (χ0) is 9.14. The maximum Gasteiger partial charge on any atom is 0.128 e. The van der Waals surface area contributed by atoms with Gasteiger partial charge in [0.2, 0.25) is 0 Å². The average molecular weight is 169 g/mol. The predicted molar refractivity (Wildman–Crippen MR) is 48.5 cm³/mol. The lowest BCUT2D eigenvalue weighted by Gasteiger charge is -2.09. The molecule has 0 amide bonds. The standard InChI is InChI=1S/C8H12FN3/c1-5-3-8(12-10)7(11-2)4-6(5)9/h3-4,11-12H,10H2,1-2H3. The number of hydrogen-bond donors (Lipinski definition) is 3. The van der Waals surface area contributed by atoms with Gasteiger partial charge in [0.1, 0.15) is 5.82 Å². The largest absolute Gasteiger partial charge is 0.386 e. The van der Waals surface area contributed by atoms with Crippen molar-refractivity contribution >= 4 is 11.4 Å². The molecule has 0 aliphatic carbocycles. The second kappa shape index (κ2) is 3.40. The van der Waals surface area contributed by atoms with Crippen LogP contribution in [0, 0.1) is 12.7 Å². The van der Waals surface area contributed by atoms with E-state index in [1.165, 1.54) is 6.07 Å². The first-order valence-corrected chi connectivity index (χ1v) is 3.63. The van der Waals surface area contributed by atoms with Crippen LogP contribution < -0.4 is 16.6 Å². The van der Waals surface area contributed by atoms with E-state index in [9.17, 15) is 4.39 Å². The van der Waals surface area contributed by atoms with Crippen LogP contribution in [0.4, 0.5) is 15.8 Å². The number of anilines is 2. The fourth-order valence-electron chi connectivity index (χ4n) is 1.01. The van der Waals surface area contributed by atoms with Crippen LogP contribution in [0.1, 0.15) is 5.56 Å². The molecule has 0 aliphatic rings. The zero-order valence-electron chi connectivity index (χ0n) is 7.11. The topological polar surface area (TPSA) is 50.1 Å². The Balaban J connectivity index is 3.19. The Morgan fingerprint density at radius 3 is 2.50 bits per heavy atom. The van der Waals surface area contributed by atoms with E-state index in [2.05, 4.69) is 10.7 Å². The molecule has 0 saturated heterocycles. The molecule has 0 heterocycles. The Hall–Kier alpha value is -1.29. The van der Waals surface area contributed by atoms with Gasteiger partial charge in [0.25, 0.3) is 0 Å². The number of nitrogen functional groups attached to an aromatic ring is 1. The zero-order valence-corrected chi connectivity index (χ0v) is 7.11. The lowest BCUT2D eigenvalue weighted by atomic mass is 10.2. The van der Waals surface area contributed by atoms with Crippen molar-refractivity contribution in [2.75, 3.05) is 17.8 Å². The Kier molecular flexibility index (Phi) is 2.50. The first kappa shape index (κ1) is 8.80. The highest BCUT2D eigenvalue weighted by Crippen LogP contribution is 2.23. The van der Waals surface area contributed by atoms with E-state index in [-0.39, 0.29) is 5.82 Å². The van der Waals surface area contributed by atoms with Gasteiger partial charge < -0.3 is 10.7 Å². The third kappa shape index (κ3) is 1.48. The van der Waals surface area contributed by atoms with Crippen LogP contribution in [0.5, 0.6) is 0 Å². The molecular weight excluding hydrogens is 157 g/mol. The second-order valence-corrected chi connectivity index (χ2v) is 2.54. The van der Waals surface area contributed by atoms with Crippen LogP contribution in [0.15, 0.2) is 12.1 Å². The molecule has 1 aromatic rings. The summed E-state index contributed by atoms with van der Waals surface area (Å²) in [6.45, 7) is 1.69. The molecule has 3 nitrogen and oxygen atoms in total. The maximum absolute atomic E-state index is 13.0. The van der Waals surface area contributed by atoms with Gasteiger partial charge in [0.15, 0.2) is 0 Å². The molecule has 0 unspecified atom stereocenters. The van der Waals surface area contributed by atoms with E-state index >= 15 is 0 Å². The summed E-state index contributed by atoms with van der Waals surface area (Å²) < 4.78 is 13.0. The number of aryl methyl sites for hydroxylation is 1. The number of rotatable bonds is 2. The highest BCUT2D eigenvalue weighted by Gasteiger charge is 2.03. The molecule has 0 aliphatic heterocycles. The Morgan fingerprint density at radius 2 is 2.00 bits per heavy atom. The highest BCUT2D eigenvalue weighted by atomic mass is 19.1. The quantitative estimate of drug-likeness (QED) is 0.464. The first-order chi connectivity index (χ1) is 5.69. The van der Waals surface area contributed by atoms with Crippen LogP contribution >= 0.6 is 0 Å². The third-order valence-electron chi connectivity index (χ3n) is 1.72. The van der Waals surface area contributed by atoms with Crippen molar-refractivity contribution in [1.29, 1.82) is 0 Å². The average Bonchev–Trinajstić information content (AvgIpc) is 2.09. The van der Waals surface area contributed by atoms with Gasteiger partial charge in [-0.3, -0.25) is 5.84 Å². The molecule has 66 valence electrons. The van der Waals surface area contributed by atoms with Gasteiger partial charge in [0.05, 0.1) is 11.4 Å². The summed E-state index contributed by atoms with van der Waals surface area (Å²) in [5, 5.41) is 2.83. The molecule has 4 heteroatoms. The minimum atomic E-state index is -0.238. The second-order valence-electron chi connectivity index (χ2n) is 2.54.